The fourth-order valence-electron chi connectivity index (χ4n) is 9.55. The van der Waals surface area contributed by atoms with Gasteiger partial charge in [-0.15, -0.1) is 0 Å². The van der Waals surface area contributed by atoms with Gasteiger partial charge in [-0.3, -0.25) is 0 Å². The first-order chi connectivity index (χ1) is 31.9. The molecule has 0 radical (unpaired) electrons. The summed E-state index contributed by atoms with van der Waals surface area (Å²) in [4.78, 5) is 0. The summed E-state index contributed by atoms with van der Waals surface area (Å²) < 4.78 is 3.34. The van der Waals surface area contributed by atoms with Crippen LogP contribution in [0.15, 0.2) is 91.0 Å². The van der Waals surface area contributed by atoms with Gasteiger partial charge in [-0.1, -0.05) is 266 Å². The predicted octanol–water partition coefficient (Wildman–Crippen LogP) is 9.56. The van der Waals surface area contributed by atoms with Crippen LogP contribution >= 0.6 is 0 Å². The SMILES string of the molecule is CCCCCCCCCCCC[N+](C)(C)Cc1ccccc1.CCCCCCCCCCCC[N+](C)(C)Cc1ccccc1.CCCCCCCCCCCC[N+](C)(C)Cc1ccccc1.[Br-].[Br-].[Br-]. The van der Waals surface area contributed by atoms with E-state index in [-0.39, 0.29) is 50.9 Å². The molecular formula is C63H114Br3N3. The average molecular weight is 1150 g/mol. The third-order valence-electron chi connectivity index (χ3n) is 13.7. The van der Waals surface area contributed by atoms with Crippen molar-refractivity contribution in [3.8, 4) is 0 Å². The number of unbranched alkanes of at least 4 members (excludes halogenated alkanes) is 27. The van der Waals surface area contributed by atoms with Crippen LogP contribution in [0, 0.1) is 0 Å². The smallest absolute Gasteiger partial charge is 0.104 e. The zero-order valence-corrected chi connectivity index (χ0v) is 51.8. The molecule has 0 aliphatic heterocycles. The van der Waals surface area contributed by atoms with Gasteiger partial charge < -0.3 is 64.4 Å². The molecular weight excluding hydrogens is 1040 g/mol. The van der Waals surface area contributed by atoms with Crippen LogP contribution in [0.2, 0.25) is 0 Å². The zero-order valence-electron chi connectivity index (χ0n) is 47.1. The lowest BCUT2D eigenvalue weighted by molar-refractivity contribution is -0.903. The highest BCUT2D eigenvalue weighted by atomic mass is 79.9. The molecule has 0 spiro atoms. The Morgan fingerprint density at radius 3 is 0.565 bits per heavy atom. The van der Waals surface area contributed by atoms with Crippen molar-refractivity contribution in [1.82, 2.24) is 0 Å². The number of hydrogen-bond donors (Lipinski definition) is 0. The maximum atomic E-state index is 2.36. The van der Waals surface area contributed by atoms with Crippen molar-refractivity contribution in [2.45, 2.75) is 233 Å². The lowest BCUT2D eigenvalue weighted by Crippen LogP contribution is -3.00. The lowest BCUT2D eigenvalue weighted by atomic mass is 10.1. The Hall–Kier alpha value is -1.02. The minimum atomic E-state index is 0. The summed E-state index contributed by atoms with van der Waals surface area (Å²) in [6.07, 6.45) is 42.7. The molecule has 3 rings (SSSR count). The summed E-state index contributed by atoms with van der Waals surface area (Å²) in [5, 5.41) is 0. The monoisotopic (exact) mass is 1150 g/mol. The molecule has 3 aromatic carbocycles. The molecule has 0 amide bonds. The fraction of sp³-hybridized carbons (Fsp3) is 0.714. The standard InChI is InChI=1S/3C21H38N.3BrH/c3*1-4-5-6-7-8-9-10-11-12-16-19-22(2,3)20-21-17-14-13-15-18-21;;;/h3*13-15,17-18H,4-12,16,19-20H2,1-3H3;3*1H/q3*+1;;;/p-3. The van der Waals surface area contributed by atoms with Crippen LogP contribution in [-0.4, -0.2) is 75.4 Å². The quantitative estimate of drug-likeness (QED) is 0.0395. The van der Waals surface area contributed by atoms with Crippen molar-refractivity contribution in [3.63, 3.8) is 0 Å². The number of halogens is 3. The van der Waals surface area contributed by atoms with E-state index < -0.39 is 0 Å². The zero-order chi connectivity index (χ0) is 48.3. The Balaban J connectivity index is -0.000000927. The third-order valence-corrected chi connectivity index (χ3v) is 13.7. The largest absolute Gasteiger partial charge is 1.00 e. The Bertz CT molecular complexity index is 1260. The van der Waals surface area contributed by atoms with Crippen LogP contribution in [0.1, 0.15) is 230 Å². The van der Waals surface area contributed by atoms with Crippen LogP contribution in [-0.2, 0) is 19.6 Å². The van der Waals surface area contributed by atoms with E-state index in [1.54, 1.807) is 0 Å². The highest BCUT2D eigenvalue weighted by Crippen LogP contribution is 2.17. The summed E-state index contributed by atoms with van der Waals surface area (Å²) >= 11 is 0. The van der Waals surface area contributed by atoms with E-state index in [9.17, 15) is 0 Å². The minimum absolute atomic E-state index is 0. The van der Waals surface area contributed by atoms with E-state index in [4.69, 9.17) is 0 Å². The molecule has 0 aliphatic carbocycles. The lowest BCUT2D eigenvalue weighted by Gasteiger charge is -2.30. The summed E-state index contributed by atoms with van der Waals surface area (Å²) in [6, 6.07) is 32.7. The van der Waals surface area contributed by atoms with E-state index >= 15 is 0 Å². The number of benzene rings is 3. The Kier molecular flexibility index (Phi) is 51.5. The molecule has 0 saturated carbocycles. The first-order valence-corrected chi connectivity index (χ1v) is 28.5. The highest BCUT2D eigenvalue weighted by molar-refractivity contribution is 5.14. The van der Waals surface area contributed by atoms with Gasteiger partial charge in [0.15, 0.2) is 0 Å². The fourth-order valence-corrected chi connectivity index (χ4v) is 9.55. The van der Waals surface area contributed by atoms with Crippen molar-refractivity contribution in [1.29, 1.82) is 0 Å². The second kappa shape index (κ2) is 49.2. The first kappa shape index (κ1) is 72.2. The molecule has 3 aromatic rings. The van der Waals surface area contributed by atoms with Crippen LogP contribution in [0.25, 0.3) is 0 Å². The van der Waals surface area contributed by atoms with Crippen LogP contribution < -0.4 is 50.9 Å². The van der Waals surface area contributed by atoms with Crippen molar-refractivity contribution < 1.29 is 64.4 Å². The minimum Gasteiger partial charge on any atom is -1.00 e. The van der Waals surface area contributed by atoms with Gasteiger partial charge >= 0.3 is 0 Å². The summed E-state index contributed by atoms with van der Waals surface area (Å²) in [7, 11) is 14.2. The molecule has 0 atom stereocenters. The summed E-state index contributed by atoms with van der Waals surface area (Å²) in [5.41, 5.74) is 4.37. The molecule has 0 saturated heterocycles. The van der Waals surface area contributed by atoms with Crippen molar-refractivity contribution in [3.05, 3.63) is 108 Å². The molecule has 0 heterocycles. The van der Waals surface area contributed by atoms with Gasteiger partial charge in [0.05, 0.1) is 61.9 Å². The van der Waals surface area contributed by atoms with E-state index in [1.165, 1.54) is 229 Å². The van der Waals surface area contributed by atoms with Crippen LogP contribution in [0.4, 0.5) is 0 Å². The average Bonchev–Trinajstić information content (AvgIpc) is 3.29. The number of hydrogen-bond acceptors (Lipinski definition) is 0. The van der Waals surface area contributed by atoms with Gasteiger partial charge in [0.2, 0.25) is 0 Å². The molecule has 69 heavy (non-hydrogen) atoms. The van der Waals surface area contributed by atoms with Crippen LogP contribution in [0.5, 0.6) is 0 Å². The second-order valence-electron chi connectivity index (χ2n) is 22.5. The van der Waals surface area contributed by atoms with Crippen molar-refractivity contribution in [2.75, 3.05) is 61.9 Å². The topological polar surface area (TPSA) is 0 Å². The Labute approximate surface area is 463 Å². The molecule has 6 heteroatoms. The van der Waals surface area contributed by atoms with Gasteiger partial charge in [-0.2, -0.15) is 0 Å². The molecule has 0 aliphatic rings. The molecule has 0 N–H and O–H groups in total. The Morgan fingerprint density at radius 2 is 0.391 bits per heavy atom. The van der Waals surface area contributed by atoms with E-state index in [1.807, 2.05) is 0 Å². The predicted molar refractivity (Wildman–Crippen MR) is 297 cm³/mol. The van der Waals surface area contributed by atoms with Gasteiger partial charge in [0, 0.05) is 16.7 Å². The first-order valence-electron chi connectivity index (χ1n) is 28.5. The van der Waals surface area contributed by atoms with Gasteiger partial charge in [0.1, 0.15) is 19.6 Å². The number of nitrogens with zero attached hydrogens (tertiary/aromatic N) is 3. The molecule has 0 aromatic heterocycles. The molecule has 0 unspecified atom stereocenters. The second-order valence-corrected chi connectivity index (χ2v) is 22.5. The summed E-state index contributed by atoms with van der Waals surface area (Å²) in [6.45, 7) is 14.2. The molecule has 0 fully saturated rings. The highest BCUT2D eigenvalue weighted by Gasteiger charge is 2.17. The van der Waals surface area contributed by atoms with E-state index in [0.717, 1.165) is 33.1 Å². The number of rotatable bonds is 39. The Morgan fingerprint density at radius 1 is 0.232 bits per heavy atom. The molecule has 3 nitrogen and oxygen atoms in total. The maximum Gasteiger partial charge on any atom is 0.104 e. The van der Waals surface area contributed by atoms with Gasteiger partial charge in [-0.25, -0.2) is 0 Å². The van der Waals surface area contributed by atoms with Gasteiger partial charge in [-0.05, 0) is 38.5 Å². The summed E-state index contributed by atoms with van der Waals surface area (Å²) in [5.74, 6) is 0. The van der Waals surface area contributed by atoms with Crippen molar-refractivity contribution >= 4 is 0 Å². The van der Waals surface area contributed by atoms with E-state index in [0.29, 0.717) is 0 Å². The maximum absolute atomic E-state index is 2.36. The molecule has 0 bridgehead atoms. The van der Waals surface area contributed by atoms with Gasteiger partial charge in [0.25, 0.3) is 0 Å². The van der Waals surface area contributed by atoms with E-state index in [2.05, 4.69) is 154 Å². The third kappa shape index (κ3) is 47.7. The normalized spacial score (nSPS) is 11.3. The van der Waals surface area contributed by atoms with Crippen LogP contribution in [0.3, 0.4) is 0 Å². The number of quaternary nitrogens is 3. The van der Waals surface area contributed by atoms with Crippen molar-refractivity contribution in [2.24, 2.45) is 0 Å². The molecule has 402 valence electrons.